The Labute approximate surface area is 147 Å². The minimum absolute atomic E-state index is 0.300. The number of rotatable bonds is 3. The third-order valence-corrected chi connectivity index (χ3v) is 5.53. The number of nitrogens with zero attached hydrogens (tertiary/aromatic N) is 1. The summed E-state index contributed by atoms with van der Waals surface area (Å²) in [6.07, 6.45) is 3.86. The Morgan fingerprint density at radius 2 is 2.08 bits per heavy atom. The van der Waals surface area contributed by atoms with Crippen molar-refractivity contribution in [1.82, 2.24) is 4.90 Å². The fourth-order valence-corrected chi connectivity index (χ4v) is 4.31. The van der Waals surface area contributed by atoms with Crippen LogP contribution in [0.1, 0.15) is 22.7 Å². The van der Waals surface area contributed by atoms with E-state index >= 15 is 0 Å². The summed E-state index contributed by atoms with van der Waals surface area (Å²) in [5.41, 5.74) is 6.59. The van der Waals surface area contributed by atoms with Gasteiger partial charge in [0.1, 0.15) is 12.4 Å². The molecule has 0 radical (unpaired) electrons. The highest BCUT2D eigenvalue weighted by Crippen LogP contribution is 2.51. The molecule has 0 N–H and O–H groups in total. The largest absolute Gasteiger partial charge is 0.489 e. The molecule has 5 rings (SSSR count). The van der Waals surface area contributed by atoms with E-state index in [-0.39, 0.29) is 0 Å². The van der Waals surface area contributed by atoms with E-state index in [0.29, 0.717) is 19.4 Å². The maximum Gasteiger partial charge on any atom is 0.231 e. The zero-order valence-corrected chi connectivity index (χ0v) is 14.4. The Kier molecular flexibility index (Phi) is 3.28. The molecule has 1 atom stereocenters. The van der Waals surface area contributed by atoms with Gasteiger partial charge in [0.05, 0.1) is 0 Å². The van der Waals surface area contributed by atoms with Crippen LogP contribution in [0.15, 0.2) is 36.9 Å². The third kappa shape index (κ3) is 2.17. The molecule has 0 amide bonds. The molecule has 0 aromatic heterocycles. The zero-order chi connectivity index (χ0) is 17.0. The Bertz CT molecular complexity index is 874. The lowest BCUT2D eigenvalue weighted by Crippen LogP contribution is -2.35. The lowest BCUT2D eigenvalue weighted by Gasteiger charge is -2.40. The number of ether oxygens (including phenoxy) is 3. The SMILES string of the molecule is C=CCOc1ccc2c3c1-c1cc4c(cc1CC3N(C)CC2)OCO4. The summed E-state index contributed by atoms with van der Waals surface area (Å²) in [6.45, 7) is 5.67. The van der Waals surface area contributed by atoms with Gasteiger partial charge in [-0.15, -0.1) is 0 Å². The first kappa shape index (κ1) is 14.8. The zero-order valence-electron chi connectivity index (χ0n) is 14.4. The van der Waals surface area contributed by atoms with E-state index in [1.807, 2.05) is 0 Å². The fourth-order valence-electron chi connectivity index (χ4n) is 4.31. The van der Waals surface area contributed by atoms with Crippen LogP contribution >= 0.6 is 0 Å². The Balaban J connectivity index is 1.76. The molecule has 25 heavy (non-hydrogen) atoms. The molecule has 2 heterocycles. The van der Waals surface area contributed by atoms with Crippen molar-refractivity contribution in [3.05, 3.63) is 53.6 Å². The third-order valence-electron chi connectivity index (χ3n) is 5.53. The van der Waals surface area contributed by atoms with Crippen LogP contribution in [0, 0.1) is 0 Å². The molecule has 128 valence electrons. The molecule has 0 fully saturated rings. The molecular weight excluding hydrogens is 314 g/mol. The van der Waals surface area contributed by atoms with Gasteiger partial charge < -0.3 is 14.2 Å². The van der Waals surface area contributed by atoms with Crippen molar-refractivity contribution in [3.8, 4) is 28.4 Å². The summed E-state index contributed by atoms with van der Waals surface area (Å²) < 4.78 is 17.3. The van der Waals surface area contributed by atoms with Crippen LogP contribution in [0.2, 0.25) is 0 Å². The molecule has 2 aliphatic heterocycles. The molecule has 0 saturated carbocycles. The van der Waals surface area contributed by atoms with Crippen LogP contribution in [0.3, 0.4) is 0 Å². The number of benzene rings is 2. The van der Waals surface area contributed by atoms with E-state index < -0.39 is 0 Å². The summed E-state index contributed by atoms with van der Waals surface area (Å²) >= 11 is 0. The van der Waals surface area contributed by atoms with E-state index in [1.165, 1.54) is 27.8 Å². The first-order valence-corrected chi connectivity index (χ1v) is 8.79. The van der Waals surface area contributed by atoms with E-state index in [2.05, 4.69) is 42.8 Å². The highest BCUT2D eigenvalue weighted by atomic mass is 16.7. The second-order valence-corrected chi connectivity index (χ2v) is 6.92. The average molecular weight is 335 g/mol. The molecule has 1 aliphatic carbocycles. The summed E-state index contributed by atoms with van der Waals surface area (Å²) in [6, 6.07) is 9.00. The van der Waals surface area contributed by atoms with Gasteiger partial charge in [-0.25, -0.2) is 0 Å². The molecule has 2 aromatic carbocycles. The normalized spacial score (nSPS) is 20.0. The molecular formula is C21H21NO3. The van der Waals surface area contributed by atoms with E-state index in [9.17, 15) is 0 Å². The minimum Gasteiger partial charge on any atom is -0.489 e. The van der Waals surface area contributed by atoms with Crippen LogP contribution < -0.4 is 14.2 Å². The molecule has 0 saturated heterocycles. The average Bonchev–Trinajstić information content (AvgIpc) is 3.08. The quantitative estimate of drug-likeness (QED) is 0.800. The van der Waals surface area contributed by atoms with Crippen molar-refractivity contribution >= 4 is 0 Å². The predicted molar refractivity (Wildman–Crippen MR) is 96.5 cm³/mol. The molecule has 4 heteroatoms. The Morgan fingerprint density at radius 3 is 2.92 bits per heavy atom. The number of hydrogen-bond acceptors (Lipinski definition) is 4. The number of likely N-dealkylation sites (N-methyl/N-ethyl adjacent to an activating group) is 1. The summed E-state index contributed by atoms with van der Waals surface area (Å²) in [7, 11) is 2.21. The van der Waals surface area contributed by atoms with Crippen molar-refractivity contribution in [2.75, 3.05) is 27.0 Å². The van der Waals surface area contributed by atoms with Gasteiger partial charge in [-0.1, -0.05) is 18.7 Å². The maximum atomic E-state index is 6.03. The number of hydrogen-bond donors (Lipinski definition) is 0. The summed E-state index contributed by atoms with van der Waals surface area (Å²) in [4.78, 5) is 2.45. The smallest absolute Gasteiger partial charge is 0.231 e. The summed E-state index contributed by atoms with van der Waals surface area (Å²) in [5.74, 6) is 2.61. The first-order valence-electron chi connectivity index (χ1n) is 8.79. The van der Waals surface area contributed by atoms with Crippen molar-refractivity contribution in [2.45, 2.75) is 18.9 Å². The van der Waals surface area contributed by atoms with Crippen LogP contribution in [0.4, 0.5) is 0 Å². The minimum atomic E-state index is 0.300. The van der Waals surface area contributed by atoms with Crippen molar-refractivity contribution in [2.24, 2.45) is 0 Å². The molecule has 0 bridgehead atoms. The van der Waals surface area contributed by atoms with Gasteiger partial charge in [-0.3, -0.25) is 4.90 Å². The monoisotopic (exact) mass is 335 g/mol. The van der Waals surface area contributed by atoms with Gasteiger partial charge in [0.25, 0.3) is 0 Å². The lowest BCUT2D eigenvalue weighted by molar-refractivity contribution is 0.174. The van der Waals surface area contributed by atoms with Gasteiger partial charge in [0, 0.05) is 18.2 Å². The van der Waals surface area contributed by atoms with E-state index in [1.54, 1.807) is 6.08 Å². The van der Waals surface area contributed by atoms with Crippen LogP contribution in [0.25, 0.3) is 11.1 Å². The Hall–Kier alpha value is -2.46. The second-order valence-electron chi connectivity index (χ2n) is 6.92. The van der Waals surface area contributed by atoms with Crippen LogP contribution in [-0.2, 0) is 12.8 Å². The van der Waals surface area contributed by atoms with E-state index in [0.717, 1.165) is 36.6 Å². The van der Waals surface area contributed by atoms with Gasteiger partial charge in [-0.2, -0.15) is 0 Å². The predicted octanol–water partition coefficient (Wildman–Crippen LogP) is 3.73. The van der Waals surface area contributed by atoms with Crippen molar-refractivity contribution < 1.29 is 14.2 Å². The van der Waals surface area contributed by atoms with Crippen molar-refractivity contribution in [3.63, 3.8) is 0 Å². The van der Waals surface area contributed by atoms with Gasteiger partial charge in [0.2, 0.25) is 6.79 Å². The molecule has 0 spiro atoms. The van der Waals surface area contributed by atoms with Gasteiger partial charge in [-0.05, 0) is 60.3 Å². The highest BCUT2D eigenvalue weighted by Gasteiger charge is 2.35. The standard InChI is InChI=1S/C21H21NO3/c1-3-8-23-17-5-4-13-6-7-22(2)16-9-14-10-18-19(25-12-24-18)11-15(14)21(17)20(13)16/h3-5,10-11,16H,1,6-9,12H2,2H3. The number of fused-ring (bicyclic) bond motifs is 3. The lowest BCUT2D eigenvalue weighted by atomic mass is 9.76. The van der Waals surface area contributed by atoms with Crippen LogP contribution in [0.5, 0.6) is 17.2 Å². The van der Waals surface area contributed by atoms with Crippen molar-refractivity contribution in [1.29, 1.82) is 0 Å². The molecule has 4 nitrogen and oxygen atoms in total. The Morgan fingerprint density at radius 1 is 1.24 bits per heavy atom. The molecule has 2 aromatic rings. The van der Waals surface area contributed by atoms with Crippen LogP contribution in [-0.4, -0.2) is 31.9 Å². The summed E-state index contributed by atoms with van der Waals surface area (Å²) in [5, 5.41) is 0. The van der Waals surface area contributed by atoms with Gasteiger partial charge >= 0.3 is 0 Å². The highest BCUT2D eigenvalue weighted by molar-refractivity contribution is 5.83. The first-order chi connectivity index (χ1) is 12.3. The van der Waals surface area contributed by atoms with Gasteiger partial charge in [0.15, 0.2) is 11.5 Å². The maximum absolute atomic E-state index is 6.03. The molecule has 1 unspecified atom stereocenters. The second kappa shape index (κ2) is 5.53. The van der Waals surface area contributed by atoms with E-state index in [4.69, 9.17) is 14.2 Å². The topological polar surface area (TPSA) is 30.9 Å². The molecule has 3 aliphatic rings. The fraction of sp³-hybridized carbons (Fsp3) is 0.333.